The van der Waals surface area contributed by atoms with Crippen molar-refractivity contribution in [2.45, 2.75) is 71.0 Å². The number of aromatic carboxylic acids is 1. The van der Waals surface area contributed by atoms with Crippen molar-refractivity contribution in [2.75, 3.05) is 0 Å². The molecule has 0 radical (unpaired) electrons. The molecular formula is C29H31F3N2O4. The Hall–Kier alpha value is -3.62. The lowest BCUT2D eigenvalue weighted by Crippen LogP contribution is -2.36. The second-order valence-electron chi connectivity index (χ2n) is 9.82. The van der Waals surface area contributed by atoms with E-state index in [-0.39, 0.29) is 24.2 Å². The molecule has 0 spiro atoms. The van der Waals surface area contributed by atoms with Crippen LogP contribution in [0, 0.1) is 5.92 Å². The molecule has 0 saturated heterocycles. The van der Waals surface area contributed by atoms with Crippen LogP contribution in [0.4, 0.5) is 13.2 Å². The van der Waals surface area contributed by atoms with Crippen LogP contribution in [-0.2, 0) is 19.1 Å². The number of benzene rings is 2. The van der Waals surface area contributed by atoms with Crippen molar-refractivity contribution in [1.82, 2.24) is 9.13 Å². The fourth-order valence-corrected chi connectivity index (χ4v) is 5.27. The Morgan fingerprint density at radius 3 is 2.26 bits per heavy atom. The highest BCUT2D eigenvalue weighted by molar-refractivity contribution is 5.96. The number of aromatic nitrogens is 2. The number of carboxylic acid groups (broad SMARTS) is 1. The summed E-state index contributed by atoms with van der Waals surface area (Å²) in [6.07, 6.45) is -0.354. The Morgan fingerprint density at radius 1 is 1.00 bits per heavy atom. The maximum Gasteiger partial charge on any atom is 0.433 e. The lowest BCUT2D eigenvalue weighted by atomic mass is 9.88. The zero-order valence-corrected chi connectivity index (χ0v) is 21.3. The van der Waals surface area contributed by atoms with Crippen LogP contribution in [0.1, 0.15) is 84.0 Å². The van der Waals surface area contributed by atoms with E-state index in [1.54, 1.807) is 42.5 Å². The zero-order valence-electron chi connectivity index (χ0n) is 21.3. The molecule has 3 aromatic rings. The molecule has 0 atom stereocenters. The highest BCUT2D eigenvalue weighted by Gasteiger charge is 2.43. The average molecular weight is 529 g/mol. The summed E-state index contributed by atoms with van der Waals surface area (Å²) in [4.78, 5) is 38.3. The number of unbranched alkanes of at least 4 members (excludes halogenated alkanes) is 1. The number of hydrogen-bond donors (Lipinski definition) is 1. The standard InChI is InChI=1S/C29H31F3N2O4/c1-2-3-13-24-25(29(30,31)32)34(26(35)21-9-5-4-6-10-21)28(38)33(24)18-19-14-16-20(17-15-19)22-11-7-8-12-23(22)27(36)37/h7-8,11-12,14-17,21H,2-6,9-10,13,18H2,1H3,(H,36,37). The number of carboxylic acids is 1. The van der Waals surface area contributed by atoms with Gasteiger partial charge in [0.2, 0.25) is 5.91 Å². The molecule has 1 aromatic heterocycles. The summed E-state index contributed by atoms with van der Waals surface area (Å²) in [6, 6.07) is 13.2. The van der Waals surface area contributed by atoms with E-state index in [4.69, 9.17) is 0 Å². The summed E-state index contributed by atoms with van der Waals surface area (Å²) < 4.78 is 44.6. The molecule has 1 saturated carbocycles. The van der Waals surface area contributed by atoms with Crippen LogP contribution < -0.4 is 5.69 Å². The zero-order chi connectivity index (χ0) is 27.4. The molecule has 9 heteroatoms. The molecule has 2 aromatic carbocycles. The van der Waals surface area contributed by atoms with Crippen molar-refractivity contribution < 1.29 is 27.9 Å². The average Bonchev–Trinajstić information content (AvgIpc) is 3.19. The van der Waals surface area contributed by atoms with Crippen LogP contribution >= 0.6 is 0 Å². The SMILES string of the molecule is CCCCc1c(C(F)(F)F)n(C(=O)C2CCCCC2)c(=O)n1Cc1ccc(-c2ccccc2C(=O)O)cc1. The van der Waals surface area contributed by atoms with Crippen LogP contribution in [0.15, 0.2) is 53.3 Å². The summed E-state index contributed by atoms with van der Waals surface area (Å²) >= 11 is 0. The Bertz CT molecular complexity index is 1360. The first-order valence-corrected chi connectivity index (χ1v) is 13.0. The van der Waals surface area contributed by atoms with Crippen molar-refractivity contribution in [3.63, 3.8) is 0 Å². The summed E-state index contributed by atoms with van der Waals surface area (Å²) in [6.45, 7) is 1.72. The molecule has 1 aliphatic rings. The van der Waals surface area contributed by atoms with Gasteiger partial charge in [-0.25, -0.2) is 14.2 Å². The van der Waals surface area contributed by atoms with Crippen LogP contribution in [0.2, 0.25) is 0 Å². The molecule has 0 unspecified atom stereocenters. The van der Waals surface area contributed by atoms with E-state index in [1.807, 2.05) is 6.92 Å². The second kappa shape index (κ2) is 11.4. The van der Waals surface area contributed by atoms with Crippen LogP contribution in [0.25, 0.3) is 11.1 Å². The van der Waals surface area contributed by atoms with Gasteiger partial charge in [-0.1, -0.05) is 75.1 Å². The summed E-state index contributed by atoms with van der Waals surface area (Å²) in [5.74, 6) is -2.43. The molecule has 4 rings (SSSR count). The minimum atomic E-state index is -4.86. The van der Waals surface area contributed by atoms with E-state index in [2.05, 4.69) is 0 Å². The number of nitrogens with zero attached hydrogens (tertiary/aromatic N) is 2. The van der Waals surface area contributed by atoms with Gasteiger partial charge in [0.25, 0.3) is 0 Å². The number of imidazole rings is 1. The van der Waals surface area contributed by atoms with E-state index in [0.29, 0.717) is 46.9 Å². The first-order valence-electron chi connectivity index (χ1n) is 13.0. The van der Waals surface area contributed by atoms with Crippen LogP contribution in [0.5, 0.6) is 0 Å². The first kappa shape index (κ1) is 27.4. The fraction of sp³-hybridized carbons (Fsp3) is 0.414. The third-order valence-electron chi connectivity index (χ3n) is 7.22. The van der Waals surface area contributed by atoms with E-state index < -0.39 is 35.4 Å². The largest absolute Gasteiger partial charge is 0.478 e. The molecule has 0 bridgehead atoms. The quantitative estimate of drug-likeness (QED) is 0.355. The molecule has 1 N–H and O–H groups in total. The number of carbonyl (C=O) groups excluding carboxylic acids is 1. The van der Waals surface area contributed by atoms with Gasteiger partial charge >= 0.3 is 17.8 Å². The summed E-state index contributed by atoms with van der Waals surface area (Å²) in [5, 5.41) is 9.48. The van der Waals surface area contributed by atoms with Gasteiger partial charge in [0.15, 0.2) is 5.69 Å². The van der Waals surface area contributed by atoms with Gasteiger partial charge in [-0.15, -0.1) is 0 Å². The van der Waals surface area contributed by atoms with Crippen molar-refractivity contribution in [3.8, 4) is 11.1 Å². The van der Waals surface area contributed by atoms with Crippen molar-refractivity contribution in [3.05, 3.63) is 81.5 Å². The summed E-state index contributed by atoms with van der Waals surface area (Å²) in [7, 11) is 0. The highest BCUT2D eigenvalue weighted by atomic mass is 19.4. The molecule has 1 fully saturated rings. The topological polar surface area (TPSA) is 81.3 Å². The third kappa shape index (κ3) is 5.61. The van der Waals surface area contributed by atoms with Gasteiger partial charge in [0, 0.05) is 5.92 Å². The third-order valence-corrected chi connectivity index (χ3v) is 7.22. The lowest BCUT2D eigenvalue weighted by molar-refractivity contribution is -0.143. The van der Waals surface area contributed by atoms with Crippen molar-refractivity contribution >= 4 is 11.9 Å². The Balaban J connectivity index is 1.76. The van der Waals surface area contributed by atoms with Crippen molar-refractivity contribution in [1.29, 1.82) is 0 Å². The van der Waals surface area contributed by atoms with E-state index in [1.165, 1.54) is 6.07 Å². The monoisotopic (exact) mass is 528 g/mol. The van der Waals surface area contributed by atoms with Gasteiger partial charge < -0.3 is 5.11 Å². The Kier molecular flexibility index (Phi) is 8.23. The molecule has 6 nitrogen and oxygen atoms in total. The van der Waals surface area contributed by atoms with E-state index in [9.17, 15) is 32.7 Å². The van der Waals surface area contributed by atoms with Gasteiger partial charge in [-0.2, -0.15) is 13.2 Å². The molecule has 1 heterocycles. The molecular weight excluding hydrogens is 497 g/mol. The molecule has 0 amide bonds. The predicted molar refractivity (Wildman–Crippen MR) is 137 cm³/mol. The second-order valence-corrected chi connectivity index (χ2v) is 9.82. The first-order chi connectivity index (χ1) is 18.1. The minimum absolute atomic E-state index is 0.0234. The van der Waals surface area contributed by atoms with E-state index >= 15 is 0 Å². The van der Waals surface area contributed by atoms with Gasteiger partial charge in [-0.05, 0) is 48.4 Å². The van der Waals surface area contributed by atoms with E-state index in [0.717, 1.165) is 23.8 Å². The molecule has 202 valence electrons. The van der Waals surface area contributed by atoms with Crippen molar-refractivity contribution in [2.24, 2.45) is 5.92 Å². The van der Waals surface area contributed by atoms with Crippen LogP contribution in [0.3, 0.4) is 0 Å². The predicted octanol–water partition coefficient (Wildman–Crippen LogP) is 6.65. The molecule has 1 aliphatic carbocycles. The normalized spacial score (nSPS) is 14.5. The number of rotatable bonds is 8. The Morgan fingerprint density at radius 2 is 1.66 bits per heavy atom. The maximum absolute atomic E-state index is 14.4. The Labute approximate surface area is 218 Å². The van der Waals surface area contributed by atoms with Gasteiger partial charge in [-0.3, -0.25) is 9.36 Å². The van der Waals surface area contributed by atoms with Gasteiger partial charge in [0.05, 0.1) is 17.8 Å². The molecule has 38 heavy (non-hydrogen) atoms. The number of hydrogen-bond acceptors (Lipinski definition) is 3. The smallest absolute Gasteiger partial charge is 0.433 e. The highest BCUT2D eigenvalue weighted by Crippen LogP contribution is 2.35. The lowest BCUT2D eigenvalue weighted by Gasteiger charge is -2.21. The fourth-order valence-electron chi connectivity index (χ4n) is 5.27. The summed E-state index contributed by atoms with van der Waals surface area (Å²) in [5.41, 5.74) is -0.447. The number of halogens is 3. The number of alkyl halides is 3. The molecule has 0 aliphatic heterocycles. The minimum Gasteiger partial charge on any atom is -0.478 e. The maximum atomic E-state index is 14.4. The van der Waals surface area contributed by atoms with Crippen LogP contribution in [-0.4, -0.2) is 26.1 Å². The number of carbonyl (C=O) groups is 2. The van der Waals surface area contributed by atoms with Gasteiger partial charge in [0.1, 0.15) is 0 Å².